The maximum absolute atomic E-state index is 16.5. The van der Waals surface area contributed by atoms with Crippen molar-refractivity contribution < 1.29 is 28.3 Å². The summed E-state index contributed by atoms with van der Waals surface area (Å²) in [6, 6.07) is 22.5. The Morgan fingerprint density at radius 2 is 1.63 bits per heavy atom. The topological polar surface area (TPSA) is 121 Å². The summed E-state index contributed by atoms with van der Waals surface area (Å²) in [4.78, 5) is 44.6. The molecule has 1 N–H and O–H groups in total. The number of halogens is 1. The molecule has 1 spiro atoms. The van der Waals surface area contributed by atoms with Crippen LogP contribution in [-0.2, 0) is 37.8 Å². The third-order valence-corrected chi connectivity index (χ3v) is 13.6. The molecule has 0 aliphatic carbocycles. The van der Waals surface area contributed by atoms with Crippen LogP contribution in [-0.4, -0.2) is 65.4 Å². The highest BCUT2D eigenvalue weighted by atomic mass is 28.4. The summed E-state index contributed by atoms with van der Waals surface area (Å²) in [5, 5.41) is 19.3. The largest absolute Gasteiger partial charge is 0.382 e. The monoisotopic (exact) mass is 708 g/mol. The van der Waals surface area contributed by atoms with Gasteiger partial charge in [-0.1, -0.05) is 54.6 Å². The minimum Gasteiger partial charge on any atom is -0.382 e. The van der Waals surface area contributed by atoms with Gasteiger partial charge in [-0.2, -0.15) is 0 Å². The molecule has 5 heterocycles. The normalized spacial score (nSPS) is 25.0. The number of aliphatic hydroxyl groups excluding tert-OH is 1. The fraction of sp³-hybridized carbons (Fsp3) is 0.395. The van der Waals surface area contributed by atoms with Crippen LogP contribution in [0.4, 0.5) is 21.2 Å². The lowest BCUT2D eigenvalue weighted by atomic mass is 9.82. The molecule has 13 heteroatoms. The van der Waals surface area contributed by atoms with Gasteiger partial charge in [-0.15, -0.1) is 5.10 Å². The average molecular weight is 709 g/mol. The van der Waals surface area contributed by atoms with Gasteiger partial charge in [-0.05, 0) is 61.0 Å². The van der Waals surface area contributed by atoms with E-state index in [1.807, 2.05) is 79.7 Å². The van der Waals surface area contributed by atoms with Gasteiger partial charge in [-0.25, -0.2) is 0 Å². The van der Waals surface area contributed by atoms with E-state index in [4.69, 9.17) is 4.74 Å². The Hall–Kier alpha value is -4.72. The number of carbonyl (C=O) groups is 3. The number of aromatic nitrogens is 3. The summed E-state index contributed by atoms with van der Waals surface area (Å²) < 4.78 is 25.1. The van der Waals surface area contributed by atoms with Crippen molar-refractivity contribution in [1.82, 2.24) is 15.0 Å². The molecule has 264 valence electrons. The molecule has 0 unspecified atom stereocenters. The highest BCUT2D eigenvalue weighted by molar-refractivity contribution is 6.72. The molecule has 3 amide bonds. The van der Waals surface area contributed by atoms with E-state index in [0.29, 0.717) is 67.1 Å². The van der Waals surface area contributed by atoms with Gasteiger partial charge in [0, 0.05) is 60.9 Å². The van der Waals surface area contributed by atoms with Crippen molar-refractivity contribution in [1.29, 1.82) is 0 Å². The van der Waals surface area contributed by atoms with Crippen molar-refractivity contribution >= 4 is 43.2 Å². The van der Waals surface area contributed by atoms with E-state index in [2.05, 4.69) is 10.3 Å². The zero-order valence-electron chi connectivity index (χ0n) is 28.9. The number of nitrogens with zero attached hydrogens (tertiary/aromatic N) is 6. The predicted octanol–water partition coefficient (Wildman–Crippen LogP) is 5.25. The number of aliphatic hydroxyl groups is 1. The van der Waals surface area contributed by atoms with E-state index in [9.17, 15) is 19.5 Å². The van der Waals surface area contributed by atoms with Crippen LogP contribution in [0.3, 0.4) is 0 Å². The molecule has 0 saturated carbocycles. The van der Waals surface area contributed by atoms with E-state index < -0.39 is 37.7 Å². The van der Waals surface area contributed by atoms with E-state index in [1.54, 1.807) is 38.7 Å². The third kappa shape index (κ3) is 5.58. The van der Waals surface area contributed by atoms with Crippen molar-refractivity contribution in [3.05, 3.63) is 101 Å². The fourth-order valence-electron chi connectivity index (χ4n) is 8.38. The van der Waals surface area contributed by atoms with E-state index in [0.717, 1.165) is 11.3 Å². The first-order valence-electron chi connectivity index (χ1n) is 17.6. The minimum absolute atomic E-state index is 0.0176. The van der Waals surface area contributed by atoms with Gasteiger partial charge in [-0.3, -0.25) is 19.1 Å². The Morgan fingerprint density at radius 3 is 2.25 bits per heavy atom. The number of fused-ring (bicyclic) bond motifs is 2. The van der Waals surface area contributed by atoms with Crippen LogP contribution < -0.4 is 14.7 Å². The van der Waals surface area contributed by atoms with Crippen LogP contribution in [0.2, 0.25) is 18.6 Å². The summed E-state index contributed by atoms with van der Waals surface area (Å²) in [7, 11) is -3.43. The van der Waals surface area contributed by atoms with Crippen LogP contribution >= 0.6 is 0 Å². The zero-order chi connectivity index (χ0) is 35.7. The molecule has 4 aliphatic rings. The van der Waals surface area contributed by atoms with E-state index in [1.165, 1.54) is 0 Å². The second-order valence-corrected chi connectivity index (χ2v) is 18.4. The third-order valence-electron chi connectivity index (χ3n) is 11.1. The number of benzene rings is 3. The van der Waals surface area contributed by atoms with Gasteiger partial charge in [0.2, 0.25) is 20.2 Å². The Morgan fingerprint density at radius 1 is 0.961 bits per heavy atom. The van der Waals surface area contributed by atoms with Crippen molar-refractivity contribution in [2.75, 3.05) is 27.8 Å². The first-order valence-corrected chi connectivity index (χ1v) is 20.6. The number of anilines is 3. The summed E-state index contributed by atoms with van der Waals surface area (Å²) in [6.07, 6.45) is 1.55. The maximum Gasteiger partial charge on any atom is 0.264 e. The number of β-lactam (4-membered cyclic amide) rings is 2. The molecule has 3 saturated heterocycles. The first-order chi connectivity index (χ1) is 24.5. The lowest BCUT2D eigenvalue weighted by Gasteiger charge is -2.33. The maximum atomic E-state index is 16.5. The minimum atomic E-state index is -3.43. The molecule has 11 nitrogen and oxygen atoms in total. The summed E-state index contributed by atoms with van der Waals surface area (Å²) in [6.45, 7) is 7.17. The molecule has 4 aliphatic heterocycles. The lowest BCUT2D eigenvalue weighted by molar-refractivity contribution is -0.146. The van der Waals surface area contributed by atoms with Crippen molar-refractivity contribution in [2.45, 2.75) is 75.7 Å². The van der Waals surface area contributed by atoms with Crippen LogP contribution in [0.15, 0.2) is 79.0 Å². The highest BCUT2D eigenvalue weighted by Crippen LogP contribution is 2.61. The standard InChI is InChI=1S/C38H41FN6O5Si/c1-24-36(51(2,3)39)32(15-18-42-23-30(40-41-42)35(48)26-7-5-4-6-8-26)50-38(24)29-21-28(44-20-17-34(44)47)13-14-31(29)45(37(38)49)22-25-9-11-27(12-10-25)43-19-16-33(43)46/h4-14,21,23-24,32,35-36,48H,15-20,22H2,1-3H3/t24-,32+,35-,36-,38+/m1/s1. The summed E-state index contributed by atoms with van der Waals surface area (Å²) in [5.74, 6) is -0.642. The molecule has 5 atom stereocenters. The first kappa shape index (κ1) is 33.4. The molecular formula is C38H41FN6O5Si. The Kier molecular flexibility index (Phi) is 8.19. The second-order valence-electron chi connectivity index (χ2n) is 14.6. The SMILES string of the molecule is C[C@@H]1[C@@H]([Si](C)(C)F)[C@H](CCn2cc([C@H](O)c3ccccc3)nn2)O[C@@]12C(=O)N(Cc1ccc(N3CCC3=O)cc1)c1ccc(N3CCC3=O)cc12. The number of hydrogen-bond donors (Lipinski definition) is 1. The Labute approximate surface area is 296 Å². The number of rotatable bonds is 10. The molecule has 1 aromatic heterocycles. The van der Waals surface area contributed by atoms with Crippen molar-refractivity contribution in [2.24, 2.45) is 5.92 Å². The van der Waals surface area contributed by atoms with Crippen LogP contribution in [0.5, 0.6) is 0 Å². The Balaban J connectivity index is 1.10. The number of carbonyl (C=O) groups excluding carboxylic acids is 3. The van der Waals surface area contributed by atoms with Gasteiger partial charge in [0.05, 0.1) is 24.5 Å². The fourth-order valence-corrected chi connectivity index (χ4v) is 10.9. The van der Waals surface area contributed by atoms with Crippen molar-refractivity contribution in [3.8, 4) is 0 Å². The molecule has 51 heavy (non-hydrogen) atoms. The number of amides is 3. The zero-order valence-corrected chi connectivity index (χ0v) is 29.9. The lowest BCUT2D eigenvalue weighted by Crippen LogP contribution is -2.45. The van der Waals surface area contributed by atoms with Gasteiger partial charge in [0.25, 0.3) is 5.91 Å². The second kappa shape index (κ2) is 12.5. The molecule has 0 radical (unpaired) electrons. The van der Waals surface area contributed by atoms with Crippen LogP contribution in [0.25, 0.3) is 0 Å². The van der Waals surface area contributed by atoms with Gasteiger partial charge < -0.3 is 28.7 Å². The molecule has 8 rings (SSSR count). The smallest absolute Gasteiger partial charge is 0.264 e. The molecule has 0 bridgehead atoms. The molecule has 3 fully saturated rings. The predicted molar refractivity (Wildman–Crippen MR) is 191 cm³/mol. The number of hydrogen-bond acceptors (Lipinski definition) is 7. The van der Waals surface area contributed by atoms with Crippen molar-refractivity contribution in [3.63, 3.8) is 0 Å². The number of aryl methyl sites for hydroxylation is 1. The van der Waals surface area contributed by atoms with Gasteiger partial charge >= 0.3 is 0 Å². The molecular weight excluding hydrogens is 668 g/mol. The number of ether oxygens (including phenoxy) is 1. The quantitative estimate of drug-likeness (QED) is 0.136. The molecule has 4 aromatic rings. The van der Waals surface area contributed by atoms with Gasteiger partial charge in [0.15, 0.2) is 5.60 Å². The van der Waals surface area contributed by atoms with E-state index >= 15 is 4.11 Å². The summed E-state index contributed by atoms with van der Waals surface area (Å²) in [5.41, 5.74) is 2.87. The van der Waals surface area contributed by atoms with Crippen LogP contribution in [0.1, 0.15) is 54.7 Å². The van der Waals surface area contributed by atoms with Gasteiger partial charge in [0.1, 0.15) is 11.8 Å². The highest BCUT2D eigenvalue weighted by Gasteiger charge is 2.66. The Bertz CT molecular complexity index is 2000. The summed E-state index contributed by atoms with van der Waals surface area (Å²) >= 11 is 0. The van der Waals surface area contributed by atoms with Crippen LogP contribution in [0, 0.1) is 5.92 Å². The molecule has 3 aromatic carbocycles. The van der Waals surface area contributed by atoms with E-state index in [-0.39, 0.29) is 24.3 Å². The average Bonchev–Trinajstić information content (AvgIpc) is 3.77.